The van der Waals surface area contributed by atoms with Crippen molar-refractivity contribution >= 4 is 27.5 Å². The minimum atomic E-state index is -3.95. The van der Waals surface area contributed by atoms with Crippen molar-refractivity contribution in [2.45, 2.75) is 32.6 Å². The summed E-state index contributed by atoms with van der Waals surface area (Å²) in [7, 11) is -3.95. The number of hydrogen-bond donors (Lipinski definition) is 1. The van der Waals surface area contributed by atoms with Crippen molar-refractivity contribution in [3.8, 4) is 5.69 Å². The summed E-state index contributed by atoms with van der Waals surface area (Å²) in [4.78, 5) is 12.8. The van der Waals surface area contributed by atoms with Crippen molar-refractivity contribution in [1.29, 1.82) is 0 Å². The van der Waals surface area contributed by atoms with E-state index in [4.69, 9.17) is 11.6 Å². The van der Waals surface area contributed by atoms with E-state index >= 15 is 0 Å². The molecule has 3 aromatic rings. The molecule has 0 aliphatic heterocycles. The molecule has 2 aromatic carbocycles. The second-order valence-corrected chi connectivity index (χ2v) is 8.84. The number of sulfonamides is 1. The van der Waals surface area contributed by atoms with Gasteiger partial charge in [-0.25, -0.2) is 13.1 Å². The number of aromatic nitrogens is 1. The normalized spacial score (nSPS) is 11.5. The van der Waals surface area contributed by atoms with Gasteiger partial charge in [0.05, 0.1) is 10.5 Å². The maximum absolute atomic E-state index is 12.7. The highest BCUT2D eigenvalue weighted by atomic mass is 35.5. The van der Waals surface area contributed by atoms with E-state index in [1.54, 1.807) is 31.2 Å². The number of hydrogen-bond acceptors (Lipinski definition) is 3. The topological polar surface area (TPSA) is 68.2 Å². The summed E-state index contributed by atoms with van der Waals surface area (Å²) >= 11 is 6.23. The lowest BCUT2D eigenvalue weighted by Crippen LogP contribution is -2.30. The highest BCUT2D eigenvalue weighted by Gasteiger charge is 2.23. The van der Waals surface area contributed by atoms with E-state index in [0.717, 1.165) is 22.5 Å². The van der Waals surface area contributed by atoms with Crippen LogP contribution in [0.5, 0.6) is 0 Å². The molecule has 0 bridgehead atoms. The molecule has 0 aliphatic carbocycles. The van der Waals surface area contributed by atoms with E-state index in [0.29, 0.717) is 16.3 Å². The Labute approximate surface area is 170 Å². The summed E-state index contributed by atoms with van der Waals surface area (Å²) in [6, 6.07) is 13.6. The van der Waals surface area contributed by atoms with Crippen molar-refractivity contribution in [3.63, 3.8) is 0 Å². The third-order valence-electron chi connectivity index (χ3n) is 4.71. The Morgan fingerprint density at radius 1 is 1.00 bits per heavy atom. The van der Waals surface area contributed by atoms with Crippen LogP contribution in [0.1, 0.15) is 32.9 Å². The monoisotopic (exact) mass is 416 g/mol. The van der Waals surface area contributed by atoms with Gasteiger partial charge >= 0.3 is 0 Å². The molecule has 7 heteroatoms. The van der Waals surface area contributed by atoms with E-state index in [1.165, 1.54) is 12.1 Å². The van der Waals surface area contributed by atoms with Crippen LogP contribution in [-0.2, 0) is 10.0 Å². The minimum Gasteiger partial charge on any atom is -0.317 e. The van der Waals surface area contributed by atoms with Crippen molar-refractivity contribution in [1.82, 2.24) is 9.29 Å². The SMILES string of the molecule is Cc1ccc(S(=O)(=O)NC(=O)c2cc(C)n(-c3cccc(Cl)c3C)c2C)cc1. The van der Waals surface area contributed by atoms with Crippen LogP contribution in [0, 0.1) is 27.7 Å². The molecule has 1 aromatic heterocycles. The van der Waals surface area contributed by atoms with Gasteiger partial charge in [-0.2, -0.15) is 0 Å². The Balaban J connectivity index is 1.98. The standard InChI is InChI=1S/C21H21ClN2O3S/c1-13-8-10-17(11-9-13)28(26,27)23-21(25)18-12-14(2)24(16(18)4)20-7-5-6-19(22)15(20)3/h5-12H,1-4H3,(H,23,25). The largest absolute Gasteiger partial charge is 0.317 e. The number of nitrogens with one attached hydrogen (secondary N) is 1. The average Bonchev–Trinajstić information content (AvgIpc) is 2.92. The predicted octanol–water partition coefficient (Wildman–Crippen LogP) is 4.48. The Hall–Kier alpha value is -2.57. The first-order valence-electron chi connectivity index (χ1n) is 8.70. The lowest BCUT2D eigenvalue weighted by molar-refractivity contribution is 0.0981. The third kappa shape index (κ3) is 3.70. The smallest absolute Gasteiger partial charge is 0.266 e. The third-order valence-corrected chi connectivity index (χ3v) is 6.47. The molecule has 1 N–H and O–H groups in total. The van der Waals surface area contributed by atoms with Crippen molar-refractivity contribution in [2.24, 2.45) is 0 Å². The molecule has 5 nitrogen and oxygen atoms in total. The fourth-order valence-corrected chi connectivity index (χ4v) is 4.29. The second kappa shape index (κ2) is 7.45. The minimum absolute atomic E-state index is 0.0472. The zero-order valence-corrected chi connectivity index (χ0v) is 17.6. The number of benzene rings is 2. The Morgan fingerprint density at radius 2 is 1.64 bits per heavy atom. The van der Waals surface area contributed by atoms with Crippen LogP contribution >= 0.6 is 11.6 Å². The number of amides is 1. The lowest BCUT2D eigenvalue weighted by Gasteiger charge is -2.14. The summed E-state index contributed by atoms with van der Waals surface area (Å²) in [5, 5.41) is 0.623. The van der Waals surface area contributed by atoms with Crippen LogP contribution in [0.25, 0.3) is 5.69 Å². The molecule has 0 radical (unpaired) electrons. The quantitative estimate of drug-likeness (QED) is 0.681. The van der Waals surface area contributed by atoms with Gasteiger partial charge in [0.2, 0.25) is 0 Å². The van der Waals surface area contributed by atoms with E-state index in [2.05, 4.69) is 4.72 Å². The number of aryl methyl sites for hydroxylation is 2. The molecule has 0 unspecified atom stereocenters. The fourth-order valence-electron chi connectivity index (χ4n) is 3.16. The molecule has 0 saturated carbocycles. The molecule has 0 saturated heterocycles. The van der Waals surface area contributed by atoms with Crippen LogP contribution in [0.3, 0.4) is 0 Å². The van der Waals surface area contributed by atoms with Gasteiger partial charge in [0, 0.05) is 22.1 Å². The molecule has 0 fully saturated rings. The molecular formula is C21H21ClN2O3S. The summed E-state index contributed by atoms with van der Waals surface area (Å²) in [5.41, 5.74) is 4.41. The molecule has 0 spiro atoms. The van der Waals surface area contributed by atoms with E-state index in [1.807, 2.05) is 37.5 Å². The fraction of sp³-hybridized carbons (Fsp3) is 0.190. The number of carbonyl (C=O) groups excluding carboxylic acids is 1. The summed E-state index contributed by atoms with van der Waals surface area (Å²) in [6.07, 6.45) is 0. The maximum atomic E-state index is 12.7. The number of halogens is 1. The van der Waals surface area contributed by atoms with E-state index in [-0.39, 0.29) is 4.90 Å². The van der Waals surface area contributed by atoms with Gasteiger partial charge in [-0.15, -0.1) is 0 Å². The van der Waals surface area contributed by atoms with Gasteiger partial charge in [-0.3, -0.25) is 4.79 Å². The van der Waals surface area contributed by atoms with Gasteiger partial charge in [0.25, 0.3) is 15.9 Å². The van der Waals surface area contributed by atoms with Crippen LogP contribution in [-0.4, -0.2) is 18.9 Å². The molecule has 146 valence electrons. The van der Waals surface area contributed by atoms with Crippen molar-refractivity contribution in [3.05, 3.63) is 81.6 Å². The molecule has 0 aliphatic rings. The van der Waals surface area contributed by atoms with E-state index in [9.17, 15) is 13.2 Å². The van der Waals surface area contributed by atoms with Crippen LogP contribution < -0.4 is 4.72 Å². The maximum Gasteiger partial charge on any atom is 0.266 e. The zero-order chi connectivity index (χ0) is 20.6. The van der Waals surface area contributed by atoms with Crippen LogP contribution in [0.4, 0.5) is 0 Å². The molecule has 28 heavy (non-hydrogen) atoms. The Kier molecular flexibility index (Phi) is 5.37. The Bertz CT molecular complexity index is 1160. The highest BCUT2D eigenvalue weighted by molar-refractivity contribution is 7.90. The van der Waals surface area contributed by atoms with E-state index < -0.39 is 15.9 Å². The summed E-state index contributed by atoms with van der Waals surface area (Å²) in [5.74, 6) is -0.667. The summed E-state index contributed by atoms with van der Waals surface area (Å²) < 4.78 is 29.1. The van der Waals surface area contributed by atoms with Crippen molar-refractivity contribution in [2.75, 3.05) is 0 Å². The summed E-state index contributed by atoms with van der Waals surface area (Å²) in [6.45, 7) is 7.40. The molecule has 3 rings (SSSR count). The first-order valence-corrected chi connectivity index (χ1v) is 10.6. The molecule has 0 atom stereocenters. The van der Waals surface area contributed by atoms with Crippen LogP contribution in [0.15, 0.2) is 53.4 Å². The first kappa shape index (κ1) is 20.2. The van der Waals surface area contributed by atoms with Crippen LogP contribution in [0.2, 0.25) is 5.02 Å². The lowest BCUT2D eigenvalue weighted by atomic mass is 10.2. The van der Waals surface area contributed by atoms with Gasteiger partial charge in [-0.1, -0.05) is 35.4 Å². The molecule has 1 heterocycles. The average molecular weight is 417 g/mol. The molecular weight excluding hydrogens is 396 g/mol. The second-order valence-electron chi connectivity index (χ2n) is 6.75. The Morgan fingerprint density at radius 3 is 2.29 bits per heavy atom. The first-order chi connectivity index (χ1) is 13.1. The van der Waals surface area contributed by atoms with Gasteiger partial charge in [0.15, 0.2) is 0 Å². The van der Waals surface area contributed by atoms with Gasteiger partial charge < -0.3 is 4.57 Å². The number of rotatable bonds is 4. The molecule has 1 amide bonds. The van der Waals surface area contributed by atoms with Gasteiger partial charge in [-0.05, 0) is 63.6 Å². The number of nitrogens with zero attached hydrogens (tertiary/aromatic N) is 1. The highest BCUT2D eigenvalue weighted by Crippen LogP contribution is 2.27. The number of carbonyl (C=O) groups is 1. The van der Waals surface area contributed by atoms with Crippen molar-refractivity contribution < 1.29 is 13.2 Å². The predicted molar refractivity (Wildman–Crippen MR) is 111 cm³/mol. The zero-order valence-electron chi connectivity index (χ0n) is 16.1. The van der Waals surface area contributed by atoms with Gasteiger partial charge in [0.1, 0.15) is 0 Å².